The van der Waals surface area contributed by atoms with Gasteiger partial charge in [0.05, 0.1) is 0 Å². The van der Waals surface area contributed by atoms with Gasteiger partial charge in [-0.25, -0.2) is 0 Å². The van der Waals surface area contributed by atoms with Crippen molar-refractivity contribution in [3.8, 4) is 0 Å². The van der Waals surface area contributed by atoms with Gasteiger partial charge in [-0.3, -0.25) is 0 Å². The summed E-state index contributed by atoms with van der Waals surface area (Å²) in [7, 11) is 0. The Morgan fingerprint density at radius 3 is 2.75 bits per heavy atom. The van der Waals surface area contributed by atoms with Gasteiger partial charge in [0.1, 0.15) is 0 Å². The average molecular weight is 182 g/mol. The van der Waals surface area contributed by atoms with Crippen LogP contribution in [0.3, 0.4) is 0 Å². The molecular weight excluding hydrogens is 170 g/mol. The second kappa shape index (κ2) is 2.75. The molecule has 0 spiro atoms. The number of nitrogens with two attached hydrogens (primary N) is 1. The second-order valence-electron chi connectivity index (χ2n) is 3.53. The molecule has 0 amide bonds. The van der Waals surface area contributed by atoms with Gasteiger partial charge in [0.15, 0.2) is 0 Å². The summed E-state index contributed by atoms with van der Waals surface area (Å²) >= 11 is 6.04. The highest BCUT2D eigenvalue weighted by Gasteiger charge is 2.36. The van der Waals surface area contributed by atoms with E-state index in [-0.39, 0.29) is 0 Å². The highest BCUT2D eigenvalue weighted by molar-refractivity contribution is 6.31. The zero-order valence-corrected chi connectivity index (χ0v) is 7.81. The van der Waals surface area contributed by atoms with Gasteiger partial charge in [-0.05, 0) is 25.0 Å². The van der Waals surface area contributed by atoms with Gasteiger partial charge < -0.3 is 5.73 Å². The van der Waals surface area contributed by atoms with Gasteiger partial charge in [0.25, 0.3) is 0 Å². The van der Waals surface area contributed by atoms with Crippen LogP contribution in [0.4, 0.5) is 0 Å². The van der Waals surface area contributed by atoms with Gasteiger partial charge in [-0.2, -0.15) is 0 Å². The molecule has 1 aromatic carbocycles. The number of hydrogen-bond acceptors (Lipinski definition) is 1. The van der Waals surface area contributed by atoms with E-state index in [1.54, 1.807) is 0 Å². The van der Waals surface area contributed by atoms with Crippen LogP contribution < -0.4 is 5.73 Å². The summed E-state index contributed by atoms with van der Waals surface area (Å²) in [6.45, 7) is 2.08. The van der Waals surface area contributed by atoms with Crippen molar-refractivity contribution in [2.24, 2.45) is 5.73 Å². The second-order valence-corrected chi connectivity index (χ2v) is 3.94. The molecule has 2 rings (SSSR count). The number of rotatable bonds is 1. The predicted molar refractivity (Wildman–Crippen MR) is 51.5 cm³/mol. The molecule has 64 valence electrons. The molecule has 0 unspecified atom stereocenters. The van der Waals surface area contributed by atoms with Crippen molar-refractivity contribution >= 4 is 11.6 Å². The fraction of sp³-hybridized carbons (Fsp3) is 0.400. The average Bonchev–Trinajstić information content (AvgIpc) is 2.73. The molecule has 0 bridgehead atoms. The highest BCUT2D eigenvalue weighted by Crippen LogP contribution is 2.42. The fourth-order valence-corrected chi connectivity index (χ4v) is 1.78. The molecule has 1 aromatic rings. The molecule has 2 atom stereocenters. The van der Waals surface area contributed by atoms with E-state index in [4.69, 9.17) is 17.3 Å². The molecule has 1 aliphatic carbocycles. The van der Waals surface area contributed by atoms with Crippen LogP contribution >= 0.6 is 11.6 Å². The van der Waals surface area contributed by atoms with Crippen LogP contribution in [0, 0.1) is 6.92 Å². The Hall–Kier alpha value is -0.530. The third kappa shape index (κ3) is 1.35. The lowest BCUT2D eigenvalue weighted by Crippen LogP contribution is -2.01. The molecule has 12 heavy (non-hydrogen) atoms. The van der Waals surface area contributed by atoms with E-state index in [0.29, 0.717) is 12.0 Å². The summed E-state index contributed by atoms with van der Waals surface area (Å²) in [5, 5.41) is 0.860. The Balaban J connectivity index is 2.36. The fourth-order valence-electron chi connectivity index (χ4n) is 1.52. The maximum Gasteiger partial charge on any atom is 0.0441 e. The molecule has 2 N–H and O–H groups in total. The van der Waals surface area contributed by atoms with Crippen LogP contribution in [0.15, 0.2) is 18.2 Å². The number of halogens is 1. The molecule has 0 radical (unpaired) electrons. The molecule has 0 heterocycles. The van der Waals surface area contributed by atoms with Crippen LogP contribution in [-0.2, 0) is 0 Å². The molecule has 0 saturated heterocycles. The van der Waals surface area contributed by atoms with Crippen LogP contribution in [0.2, 0.25) is 5.02 Å². The van der Waals surface area contributed by atoms with Gasteiger partial charge in [0.2, 0.25) is 0 Å². The van der Waals surface area contributed by atoms with Crippen molar-refractivity contribution in [3.05, 3.63) is 34.3 Å². The first-order chi connectivity index (χ1) is 5.68. The molecule has 1 nitrogen and oxygen atoms in total. The molecule has 0 aliphatic heterocycles. The summed E-state index contributed by atoms with van der Waals surface area (Å²) in [5.41, 5.74) is 8.24. The number of benzene rings is 1. The molecular formula is C10H12ClN. The minimum Gasteiger partial charge on any atom is -0.327 e. The smallest absolute Gasteiger partial charge is 0.0441 e. The third-order valence-electron chi connectivity index (χ3n) is 2.39. The molecule has 2 heteroatoms. The number of aryl methyl sites for hydroxylation is 1. The van der Waals surface area contributed by atoms with Crippen molar-refractivity contribution in [1.82, 2.24) is 0 Å². The van der Waals surface area contributed by atoms with Gasteiger partial charge in [-0.1, -0.05) is 29.3 Å². The molecule has 1 fully saturated rings. The van der Waals surface area contributed by atoms with E-state index in [1.165, 1.54) is 11.1 Å². The summed E-state index contributed by atoms with van der Waals surface area (Å²) < 4.78 is 0. The van der Waals surface area contributed by atoms with E-state index < -0.39 is 0 Å². The largest absolute Gasteiger partial charge is 0.327 e. The standard InChI is InChI=1S/C10H12ClN/c1-6-2-3-9(11)7(4-6)8-5-10(8)12/h2-4,8,10H,5,12H2,1H3/t8-,10+/m0/s1. The van der Waals surface area contributed by atoms with E-state index >= 15 is 0 Å². The first kappa shape index (κ1) is 8.09. The first-order valence-electron chi connectivity index (χ1n) is 4.20. The van der Waals surface area contributed by atoms with E-state index in [1.807, 2.05) is 12.1 Å². The molecule has 1 aliphatic rings. The van der Waals surface area contributed by atoms with Crippen molar-refractivity contribution in [1.29, 1.82) is 0 Å². The summed E-state index contributed by atoms with van der Waals surface area (Å²) in [4.78, 5) is 0. The van der Waals surface area contributed by atoms with E-state index in [2.05, 4.69) is 13.0 Å². The zero-order valence-electron chi connectivity index (χ0n) is 7.05. The van der Waals surface area contributed by atoms with E-state index in [0.717, 1.165) is 11.4 Å². The lowest BCUT2D eigenvalue weighted by atomic mass is 10.1. The van der Waals surface area contributed by atoms with Crippen LogP contribution in [0.25, 0.3) is 0 Å². The van der Waals surface area contributed by atoms with Gasteiger partial charge >= 0.3 is 0 Å². The SMILES string of the molecule is Cc1ccc(Cl)c([C@@H]2C[C@H]2N)c1. The summed E-state index contributed by atoms with van der Waals surface area (Å²) in [5.74, 6) is 0.511. The lowest BCUT2D eigenvalue weighted by Gasteiger charge is -2.03. The summed E-state index contributed by atoms with van der Waals surface area (Å²) in [6, 6.07) is 6.46. The van der Waals surface area contributed by atoms with Crippen molar-refractivity contribution in [2.45, 2.75) is 25.3 Å². The van der Waals surface area contributed by atoms with Crippen LogP contribution in [0.1, 0.15) is 23.5 Å². The van der Waals surface area contributed by atoms with Gasteiger partial charge in [-0.15, -0.1) is 0 Å². The Morgan fingerprint density at radius 1 is 1.50 bits per heavy atom. The van der Waals surface area contributed by atoms with Crippen molar-refractivity contribution in [3.63, 3.8) is 0 Å². The van der Waals surface area contributed by atoms with Crippen molar-refractivity contribution < 1.29 is 0 Å². The lowest BCUT2D eigenvalue weighted by molar-refractivity contribution is 0.989. The molecule has 1 saturated carbocycles. The Morgan fingerprint density at radius 2 is 2.17 bits per heavy atom. The minimum atomic E-state index is 0.337. The quantitative estimate of drug-likeness (QED) is 0.708. The minimum absolute atomic E-state index is 0.337. The maximum absolute atomic E-state index is 6.04. The normalized spacial score (nSPS) is 27.2. The summed E-state index contributed by atoms with van der Waals surface area (Å²) in [6.07, 6.45) is 1.09. The first-order valence-corrected chi connectivity index (χ1v) is 4.58. The predicted octanol–water partition coefficient (Wildman–Crippen LogP) is 2.46. The van der Waals surface area contributed by atoms with Crippen LogP contribution in [0.5, 0.6) is 0 Å². The Kier molecular flexibility index (Phi) is 1.85. The topological polar surface area (TPSA) is 26.0 Å². The maximum atomic E-state index is 6.04. The monoisotopic (exact) mass is 181 g/mol. The Labute approximate surface area is 77.5 Å². The van der Waals surface area contributed by atoms with Crippen LogP contribution in [-0.4, -0.2) is 6.04 Å². The number of hydrogen-bond donors (Lipinski definition) is 1. The van der Waals surface area contributed by atoms with Crippen molar-refractivity contribution in [2.75, 3.05) is 0 Å². The van der Waals surface area contributed by atoms with Gasteiger partial charge in [0, 0.05) is 17.0 Å². The highest BCUT2D eigenvalue weighted by atomic mass is 35.5. The Bertz CT molecular complexity index is 309. The van der Waals surface area contributed by atoms with E-state index in [9.17, 15) is 0 Å². The third-order valence-corrected chi connectivity index (χ3v) is 2.73. The molecule has 0 aromatic heterocycles. The zero-order chi connectivity index (χ0) is 8.72.